The fourth-order valence-electron chi connectivity index (χ4n) is 3.56. The van der Waals surface area contributed by atoms with Crippen LogP contribution in [-0.4, -0.2) is 52.6 Å². The lowest BCUT2D eigenvalue weighted by molar-refractivity contribution is -0.186. The van der Waals surface area contributed by atoms with Crippen LogP contribution in [0.4, 0.5) is 0 Å². The zero-order chi connectivity index (χ0) is 23.4. The van der Waals surface area contributed by atoms with Crippen LogP contribution in [-0.2, 0) is 28.6 Å². The van der Waals surface area contributed by atoms with E-state index in [9.17, 15) is 14.4 Å². The highest BCUT2D eigenvalue weighted by Crippen LogP contribution is 2.36. The third kappa shape index (κ3) is 5.61. The number of hydrogen-bond donors (Lipinski definition) is 0. The molecule has 0 spiro atoms. The van der Waals surface area contributed by atoms with Gasteiger partial charge in [-0.15, -0.1) is 11.8 Å². The second-order valence-corrected chi connectivity index (χ2v) is 8.47. The van der Waals surface area contributed by atoms with Crippen molar-refractivity contribution in [3.63, 3.8) is 0 Å². The lowest BCUT2D eigenvalue weighted by atomic mass is 10.0. The van der Waals surface area contributed by atoms with E-state index in [0.717, 1.165) is 16.8 Å². The van der Waals surface area contributed by atoms with Crippen molar-refractivity contribution in [3.8, 4) is 16.9 Å². The maximum absolute atomic E-state index is 11.8. The molecule has 3 rings (SSSR count). The van der Waals surface area contributed by atoms with Crippen molar-refractivity contribution in [2.24, 2.45) is 0 Å². The Hall–Kier alpha value is -3.01. The Labute approximate surface area is 189 Å². The molecule has 0 unspecified atom stereocenters. The van der Waals surface area contributed by atoms with Crippen LogP contribution in [0.3, 0.4) is 0 Å². The summed E-state index contributed by atoms with van der Waals surface area (Å²) >= 11 is 1.30. The van der Waals surface area contributed by atoms with Crippen molar-refractivity contribution in [2.45, 2.75) is 58.4 Å². The van der Waals surface area contributed by atoms with Gasteiger partial charge in [0.25, 0.3) is 0 Å². The van der Waals surface area contributed by atoms with E-state index in [0.29, 0.717) is 17.3 Å². The summed E-state index contributed by atoms with van der Waals surface area (Å²) in [6, 6.07) is 7.34. The molecule has 1 aromatic heterocycles. The van der Waals surface area contributed by atoms with Gasteiger partial charge < -0.3 is 23.5 Å². The number of carbonyl (C=O) groups excluding carboxylic acids is 3. The first-order valence-electron chi connectivity index (χ1n) is 9.99. The summed E-state index contributed by atoms with van der Waals surface area (Å²) < 4.78 is 27.6. The van der Waals surface area contributed by atoms with Crippen LogP contribution in [0.25, 0.3) is 11.1 Å². The Morgan fingerprint density at radius 1 is 1.00 bits per heavy atom. The number of nitrogens with zero attached hydrogens (tertiary/aromatic N) is 1. The molecule has 0 saturated carbocycles. The standard InChI is InChI=1S/C22H25NO8S/c1-11-19(12(2)31-23-11)16-7-6-8-17(9-16)30-22-21(29-15(5)26)20(28-14(4)25)18(10-32-22)27-13(3)24/h6-9,18,20-22H,10H2,1-5H3/t18-,20+,21-,22+/m1/s1. The summed E-state index contributed by atoms with van der Waals surface area (Å²) in [5.41, 5.74) is 1.78. The van der Waals surface area contributed by atoms with Gasteiger partial charge in [-0.05, 0) is 31.5 Å². The molecule has 1 aliphatic rings. The minimum Gasteiger partial charge on any atom is -0.476 e. The van der Waals surface area contributed by atoms with Gasteiger partial charge in [0, 0.05) is 32.1 Å². The molecule has 1 saturated heterocycles. The molecule has 2 aromatic rings. The number of thioether (sulfide) groups is 1. The fourth-order valence-corrected chi connectivity index (χ4v) is 4.78. The molecule has 4 atom stereocenters. The smallest absolute Gasteiger partial charge is 0.303 e. The van der Waals surface area contributed by atoms with Gasteiger partial charge in [-0.1, -0.05) is 17.3 Å². The molecule has 0 amide bonds. The van der Waals surface area contributed by atoms with E-state index in [4.69, 9.17) is 23.5 Å². The number of benzene rings is 1. The van der Waals surface area contributed by atoms with Gasteiger partial charge in [-0.3, -0.25) is 14.4 Å². The minimum absolute atomic E-state index is 0.295. The molecule has 1 aromatic carbocycles. The molecule has 172 valence electrons. The largest absolute Gasteiger partial charge is 0.476 e. The molecule has 9 nitrogen and oxygen atoms in total. The SMILES string of the molecule is CC(=O)O[C@@H]1[C@@H](OC(C)=O)[C@@H](Oc2cccc(-c3c(C)noc3C)c2)SC[C@H]1OC(C)=O. The van der Waals surface area contributed by atoms with E-state index < -0.39 is 41.7 Å². The highest BCUT2D eigenvalue weighted by molar-refractivity contribution is 7.99. The first-order chi connectivity index (χ1) is 15.2. The Morgan fingerprint density at radius 2 is 1.66 bits per heavy atom. The van der Waals surface area contributed by atoms with Gasteiger partial charge in [-0.25, -0.2) is 0 Å². The lowest BCUT2D eigenvalue weighted by Gasteiger charge is -2.39. The summed E-state index contributed by atoms with van der Waals surface area (Å²) in [6.07, 6.45) is -2.77. The highest BCUT2D eigenvalue weighted by Gasteiger charge is 2.47. The average Bonchev–Trinajstić information content (AvgIpc) is 3.03. The summed E-state index contributed by atoms with van der Waals surface area (Å²) in [5.74, 6) is -0.192. The molecule has 1 fully saturated rings. The predicted octanol–water partition coefficient (Wildman–Crippen LogP) is 3.21. The molecule has 0 bridgehead atoms. The summed E-state index contributed by atoms with van der Waals surface area (Å²) in [6.45, 7) is 7.43. The Bertz CT molecular complexity index is 984. The van der Waals surface area contributed by atoms with Crippen molar-refractivity contribution < 1.29 is 37.9 Å². The third-order valence-corrected chi connectivity index (χ3v) is 5.93. The molecule has 10 heteroatoms. The van der Waals surface area contributed by atoms with Crippen molar-refractivity contribution >= 4 is 29.7 Å². The Balaban J connectivity index is 1.89. The highest BCUT2D eigenvalue weighted by atomic mass is 32.2. The molecule has 0 aliphatic carbocycles. The number of aromatic nitrogens is 1. The summed E-state index contributed by atoms with van der Waals surface area (Å²) in [4.78, 5) is 35.0. The molecule has 2 heterocycles. The van der Waals surface area contributed by atoms with Gasteiger partial charge in [-0.2, -0.15) is 0 Å². The van der Waals surface area contributed by atoms with Gasteiger partial charge >= 0.3 is 17.9 Å². The molecule has 32 heavy (non-hydrogen) atoms. The van der Waals surface area contributed by atoms with Crippen LogP contribution >= 0.6 is 11.8 Å². The molecule has 0 N–H and O–H groups in total. The van der Waals surface area contributed by atoms with Crippen LogP contribution < -0.4 is 4.74 Å². The maximum Gasteiger partial charge on any atom is 0.303 e. The normalized spacial score (nSPS) is 22.7. The first kappa shape index (κ1) is 23.6. The Morgan fingerprint density at radius 3 is 2.25 bits per heavy atom. The maximum atomic E-state index is 11.8. The molecular weight excluding hydrogens is 438 g/mol. The van der Waals surface area contributed by atoms with E-state index in [2.05, 4.69) is 5.16 Å². The van der Waals surface area contributed by atoms with Crippen LogP contribution in [0.5, 0.6) is 5.75 Å². The second-order valence-electron chi connectivity index (χ2n) is 7.34. The van der Waals surface area contributed by atoms with Crippen LogP contribution in [0.1, 0.15) is 32.2 Å². The van der Waals surface area contributed by atoms with Gasteiger partial charge in [0.2, 0.25) is 0 Å². The number of aryl methyl sites for hydroxylation is 2. The van der Waals surface area contributed by atoms with Crippen LogP contribution in [0.15, 0.2) is 28.8 Å². The number of carbonyl (C=O) groups is 3. The topological polar surface area (TPSA) is 114 Å². The van der Waals surface area contributed by atoms with E-state index in [-0.39, 0.29) is 0 Å². The molecular formula is C22H25NO8S. The molecule has 0 radical (unpaired) electrons. The van der Waals surface area contributed by atoms with Gasteiger partial charge in [0.15, 0.2) is 23.7 Å². The predicted molar refractivity (Wildman–Crippen MR) is 115 cm³/mol. The average molecular weight is 464 g/mol. The van der Waals surface area contributed by atoms with Crippen molar-refractivity contribution in [3.05, 3.63) is 35.7 Å². The quantitative estimate of drug-likeness (QED) is 0.467. The minimum atomic E-state index is -1.00. The monoisotopic (exact) mass is 463 g/mol. The van der Waals surface area contributed by atoms with Crippen LogP contribution in [0, 0.1) is 13.8 Å². The number of rotatable bonds is 6. The zero-order valence-electron chi connectivity index (χ0n) is 18.4. The zero-order valence-corrected chi connectivity index (χ0v) is 19.3. The van der Waals surface area contributed by atoms with E-state index in [1.807, 2.05) is 32.0 Å². The van der Waals surface area contributed by atoms with Crippen molar-refractivity contribution in [1.82, 2.24) is 5.16 Å². The second kappa shape index (κ2) is 10.1. The van der Waals surface area contributed by atoms with Crippen molar-refractivity contribution in [2.75, 3.05) is 5.75 Å². The van der Waals surface area contributed by atoms with Crippen LogP contribution in [0.2, 0.25) is 0 Å². The summed E-state index contributed by atoms with van der Waals surface area (Å²) in [5, 5.41) is 3.98. The van der Waals surface area contributed by atoms with Gasteiger partial charge in [0.1, 0.15) is 11.5 Å². The number of esters is 3. The number of ether oxygens (including phenoxy) is 4. The third-order valence-electron chi connectivity index (χ3n) is 4.71. The van der Waals surface area contributed by atoms with E-state index in [1.54, 1.807) is 6.07 Å². The first-order valence-corrected chi connectivity index (χ1v) is 11.0. The van der Waals surface area contributed by atoms with E-state index >= 15 is 0 Å². The Kier molecular flexibility index (Phi) is 7.44. The van der Waals surface area contributed by atoms with Crippen molar-refractivity contribution in [1.29, 1.82) is 0 Å². The van der Waals surface area contributed by atoms with E-state index in [1.165, 1.54) is 32.5 Å². The molecule has 1 aliphatic heterocycles. The summed E-state index contributed by atoms with van der Waals surface area (Å²) in [7, 11) is 0. The number of hydrogen-bond acceptors (Lipinski definition) is 10. The van der Waals surface area contributed by atoms with Gasteiger partial charge in [0.05, 0.1) is 5.69 Å². The lowest BCUT2D eigenvalue weighted by Crippen LogP contribution is -2.55. The fraction of sp³-hybridized carbons (Fsp3) is 0.455.